The number of hydrogen-bond acceptors (Lipinski definition) is 14. The molecule has 0 aliphatic heterocycles. The molecule has 0 aromatic carbocycles. The van der Waals surface area contributed by atoms with E-state index < -0.39 is 17.2 Å². The number of carboxylic acids is 1. The molecule has 0 saturated heterocycles. The van der Waals surface area contributed by atoms with Crippen molar-refractivity contribution in [3.05, 3.63) is 113 Å². The molecule has 0 fully saturated rings. The standard InChI is InChI=1S/C7H7BrO3.C7H6O5.C7H8O4.C7H8O3.4CH4/c1-10-7-5(9)2-3-11-6(7)4-8;1-11-5-4(8)2-3-12-6(5)7(9)10;1-10-7-5(9)2-3-11-6(7)4-8;1-5-7(9-2)6(8)3-4-10-5;;;;/h2-3H,4H2,1H3;2-3H,1H3,(H,9,10);2-3,8H,4H2,1H3;3-4H,1-2H3;4*1H4. The number of aromatic carboxylic acids is 1. The minimum absolute atomic E-state index is 0. The third-order valence-electron chi connectivity index (χ3n) is 4.93. The molecule has 0 radical (unpaired) electrons. The first-order valence-corrected chi connectivity index (χ1v) is 13.1. The molecule has 4 heterocycles. The fourth-order valence-corrected chi connectivity index (χ4v) is 3.40. The Hall–Kier alpha value is -5.09. The molecule has 4 aromatic heterocycles. The molecule has 15 nitrogen and oxygen atoms in total. The number of carbonyl (C=O) groups is 1. The smallest absolute Gasteiger partial charge is 0.375 e. The van der Waals surface area contributed by atoms with Crippen LogP contribution in [0.3, 0.4) is 0 Å². The molecule has 48 heavy (non-hydrogen) atoms. The summed E-state index contributed by atoms with van der Waals surface area (Å²) in [6.07, 6.45) is 4.92. The van der Waals surface area contributed by atoms with Gasteiger partial charge in [-0.3, -0.25) is 19.2 Å². The van der Waals surface area contributed by atoms with Crippen LogP contribution in [0.15, 0.2) is 86.2 Å². The molecule has 4 rings (SSSR count). The summed E-state index contributed by atoms with van der Waals surface area (Å²) in [5.74, 6) is -0.309. The lowest BCUT2D eigenvalue weighted by Crippen LogP contribution is -2.10. The number of hydrogen-bond donors (Lipinski definition) is 2. The van der Waals surface area contributed by atoms with Gasteiger partial charge in [0.25, 0.3) is 5.76 Å². The van der Waals surface area contributed by atoms with Crippen molar-refractivity contribution in [2.75, 3.05) is 28.4 Å². The molecular formula is C32H45BrO15. The molecule has 4 aromatic rings. The maximum atomic E-state index is 11.0. The van der Waals surface area contributed by atoms with E-state index in [1.165, 1.54) is 65.4 Å². The van der Waals surface area contributed by atoms with Crippen LogP contribution in [0.25, 0.3) is 0 Å². The summed E-state index contributed by atoms with van der Waals surface area (Å²) in [4.78, 5) is 54.2. The highest BCUT2D eigenvalue weighted by Crippen LogP contribution is 2.15. The van der Waals surface area contributed by atoms with Gasteiger partial charge in [-0.15, -0.1) is 0 Å². The van der Waals surface area contributed by atoms with Gasteiger partial charge in [0.1, 0.15) is 12.4 Å². The monoisotopic (exact) mass is 748 g/mol. The van der Waals surface area contributed by atoms with E-state index in [1.807, 2.05) is 0 Å². The molecule has 0 unspecified atom stereocenters. The average Bonchev–Trinajstić information content (AvgIpc) is 3.01. The normalized spacial score (nSPS) is 8.73. The summed E-state index contributed by atoms with van der Waals surface area (Å²) in [6, 6.07) is 4.97. The molecule has 0 aliphatic carbocycles. The summed E-state index contributed by atoms with van der Waals surface area (Å²) < 4.78 is 38.1. The minimum atomic E-state index is -1.33. The van der Waals surface area contributed by atoms with Gasteiger partial charge in [-0.05, 0) is 6.92 Å². The van der Waals surface area contributed by atoms with Gasteiger partial charge >= 0.3 is 5.97 Å². The van der Waals surface area contributed by atoms with Crippen molar-refractivity contribution in [1.29, 1.82) is 0 Å². The number of carboxylic acid groups (broad SMARTS) is 1. The first-order chi connectivity index (χ1) is 21.0. The Bertz CT molecular complexity index is 1660. The van der Waals surface area contributed by atoms with Crippen molar-refractivity contribution in [3.63, 3.8) is 0 Å². The van der Waals surface area contributed by atoms with Gasteiger partial charge < -0.3 is 46.8 Å². The number of aliphatic hydroxyl groups is 1. The fraction of sp³-hybridized carbons (Fsp3) is 0.344. The number of halogens is 1. The summed E-state index contributed by atoms with van der Waals surface area (Å²) in [5.41, 5.74) is -1.11. The molecular weight excluding hydrogens is 704 g/mol. The van der Waals surface area contributed by atoms with Crippen molar-refractivity contribution < 1.29 is 51.6 Å². The van der Waals surface area contributed by atoms with Crippen LogP contribution >= 0.6 is 15.9 Å². The lowest BCUT2D eigenvalue weighted by Gasteiger charge is -2.01. The number of aryl methyl sites for hydroxylation is 1. The summed E-state index contributed by atoms with van der Waals surface area (Å²) >= 11 is 3.17. The maximum absolute atomic E-state index is 11.0. The second-order valence-electron chi connectivity index (χ2n) is 7.60. The summed E-state index contributed by atoms with van der Waals surface area (Å²) in [6.45, 7) is 1.35. The Morgan fingerprint density at radius 2 is 0.979 bits per heavy atom. The highest BCUT2D eigenvalue weighted by molar-refractivity contribution is 9.08. The summed E-state index contributed by atoms with van der Waals surface area (Å²) in [5, 5.41) is 17.6. The molecule has 0 spiro atoms. The predicted molar refractivity (Wildman–Crippen MR) is 183 cm³/mol. The number of methoxy groups -OCH3 is 4. The van der Waals surface area contributed by atoms with Gasteiger partial charge in [0.2, 0.25) is 44.7 Å². The lowest BCUT2D eigenvalue weighted by atomic mass is 10.3. The van der Waals surface area contributed by atoms with Crippen LogP contribution in [0.1, 0.15) is 57.5 Å². The molecule has 0 saturated carbocycles. The van der Waals surface area contributed by atoms with Crippen LogP contribution in [0.2, 0.25) is 0 Å². The third kappa shape index (κ3) is 14.6. The van der Waals surface area contributed by atoms with Gasteiger partial charge in [0.15, 0.2) is 11.5 Å². The van der Waals surface area contributed by atoms with Crippen LogP contribution in [0, 0.1) is 6.92 Å². The largest absolute Gasteiger partial charge is 0.490 e. The van der Waals surface area contributed by atoms with E-state index in [0.29, 0.717) is 16.9 Å². The zero-order valence-electron chi connectivity index (χ0n) is 24.1. The van der Waals surface area contributed by atoms with Crippen molar-refractivity contribution in [1.82, 2.24) is 0 Å². The third-order valence-corrected chi connectivity index (χ3v) is 5.44. The number of ether oxygens (including phenoxy) is 4. The quantitative estimate of drug-likeness (QED) is 0.222. The molecule has 2 N–H and O–H groups in total. The van der Waals surface area contributed by atoms with Crippen molar-refractivity contribution >= 4 is 21.9 Å². The van der Waals surface area contributed by atoms with E-state index in [0.717, 1.165) is 12.3 Å². The van der Waals surface area contributed by atoms with Gasteiger partial charge in [0.05, 0.1) is 58.8 Å². The van der Waals surface area contributed by atoms with E-state index in [-0.39, 0.29) is 81.4 Å². The Morgan fingerprint density at radius 3 is 1.27 bits per heavy atom. The van der Waals surface area contributed by atoms with E-state index in [9.17, 15) is 24.0 Å². The molecule has 0 amide bonds. The van der Waals surface area contributed by atoms with Crippen molar-refractivity contribution in [2.24, 2.45) is 0 Å². The Morgan fingerprint density at radius 1 is 0.625 bits per heavy atom. The van der Waals surface area contributed by atoms with E-state index in [4.69, 9.17) is 37.7 Å². The summed E-state index contributed by atoms with van der Waals surface area (Å²) in [7, 11) is 5.45. The number of rotatable bonds is 7. The SMILES string of the molecule is C.C.C.C.COc1c(C(=O)O)occc1=O.COc1c(C)occc1=O.COc1c(CBr)occc1=O.COc1c(CO)occc1=O. The first-order valence-electron chi connectivity index (χ1n) is 12.0. The van der Waals surface area contributed by atoms with Crippen LogP contribution in [0.5, 0.6) is 23.0 Å². The Balaban J connectivity index is -0.000000262. The average molecular weight is 750 g/mol. The highest BCUT2D eigenvalue weighted by atomic mass is 79.9. The maximum Gasteiger partial charge on any atom is 0.375 e. The van der Waals surface area contributed by atoms with Crippen LogP contribution < -0.4 is 40.7 Å². The lowest BCUT2D eigenvalue weighted by molar-refractivity contribution is 0.0653. The minimum Gasteiger partial charge on any atom is -0.490 e. The van der Waals surface area contributed by atoms with Gasteiger partial charge in [-0.25, -0.2) is 4.79 Å². The molecule has 270 valence electrons. The van der Waals surface area contributed by atoms with Gasteiger partial charge in [0, 0.05) is 24.3 Å². The Kier molecular flexibility index (Phi) is 27.0. The zero-order valence-corrected chi connectivity index (χ0v) is 25.7. The predicted octanol–water partition coefficient (Wildman–Crippen LogP) is 5.53. The van der Waals surface area contributed by atoms with Crippen molar-refractivity contribution in [2.45, 2.75) is 48.6 Å². The number of alkyl halides is 1. The molecule has 16 heteroatoms. The zero-order chi connectivity index (χ0) is 33.2. The second kappa shape index (κ2) is 26.0. The van der Waals surface area contributed by atoms with Gasteiger partial charge in [-0.1, -0.05) is 45.6 Å². The molecule has 0 aliphatic rings. The van der Waals surface area contributed by atoms with Crippen LogP contribution in [-0.2, 0) is 11.9 Å². The number of aliphatic hydroxyl groups excluding tert-OH is 1. The van der Waals surface area contributed by atoms with Crippen LogP contribution in [-0.4, -0.2) is 44.6 Å². The highest BCUT2D eigenvalue weighted by Gasteiger charge is 2.16. The van der Waals surface area contributed by atoms with E-state index in [1.54, 1.807) is 6.92 Å². The van der Waals surface area contributed by atoms with Gasteiger partial charge in [-0.2, -0.15) is 0 Å². The topological polar surface area (TPSA) is 215 Å². The molecule has 0 bridgehead atoms. The van der Waals surface area contributed by atoms with E-state index in [2.05, 4.69) is 25.1 Å². The molecule has 0 atom stereocenters. The van der Waals surface area contributed by atoms with Crippen LogP contribution in [0.4, 0.5) is 0 Å². The van der Waals surface area contributed by atoms with E-state index >= 15 is 0 Å². The fourth-order valence-electron chi connectivity index (χ4n) is 3.01. The second-order valence-corrected chi connectivity index (χ2v) is 8.16. The first kappa shape index (κ1) is 49.8. The Labute approximate surface area is 286 Å². The van der Waals surface area contributed by atoms with Crippen molar-refractivity contribution in [3.8, 4) is 23.0 Å².